The molecule has 1 aliphatic rings. The van der Waals surface area contributed by atoms with Crippen LogP contribution >= 0.6 is 11.6 Å². The van der Waals surface area contributed by atoms with Crippen LogP contribution in [0.1, 0.15) is 22.8 Å². The molecule has 1 atom stereocenters. The fraction of sp³-hybridized carbons (Fsp3) is 0.250. The van der Waals surface area contributed by atoms with Crippen molar-refractivity contribution in [2.75, 3.05) is 25.0 Å². The van der Waals surface area contributed by atoms with Gasteiger partial charge in [-0.2, -0.15) is 5.10 Å². The molecule has 2 heterocycles. The highest BCUT2D eigenvalue weighted by Gasteiger charge is 2.33. The largest absolute Gasteiger partial charge is 0.480 e. The van der Waals surface area contributed by atoms with Gasteiger partial charge in [0.2, 0.25) is 0 Å². The van der Waals surface area contributed by atoms with Crippen molar-refractivity contribution in [2.24, 2.45) is 0 Å². The molecular formula is C24H24ClN5O4. The Bertz CT molecular complexity index is 1230. The molecule has 0 radical (unpaired) electrons. The van der Waals surface area contributed by atoms with E-state index in [1.54, 1.807) is 51.1 Å². The Morgan fingerprint density at radius 2 is 1.94 bits per heavy atom. The lowest BCUT2D eigenvalue weighted by Crippen LogP contribution is -2.49. The van der Waals surface area contributed by atoms with E-state index in [1.807, 2.05) is 31.2 Å². The number of halogens is 1. The van der Waals surface area contributed by atoms with Crippen LogP contribution in [0.2, 0.25) is 5.02 Å². The molecule has 1 N–H and O–H groups in total. The van der Waals surface area contributed by atoms with Gasteiger partial charge in [0, 0.05) is 44.3 Å². The number of likely N-dealkylation sites (N-methyl/N-ethyl adjacent to an activating group) is 1. The minimum atomic E-state index is -1.09. The van der Waals surface area contributed by atoms with Crippen molar-refractivity contribution in [2.45, 2.75) is 19.5 Å². The normalized spacial score (nSPS) is 15.4. The molecule has 10 heteroatoms. The van der Waals surface area contributed by atoms with Gasteiger partial charge in [-0.1, -0.05) is 29.8 Å². The number of hydrogen-bond donors (Lipinski definition) is 1. The first-order valence-corrected chi connectivity index (χ1v) is 11.1. The maximum Gasteiger partial charge on any atom is 0.323 e. The van der Waals surface area contributed by atoms with Crippen molar-refractivity contribution < 1.29 is 19.5 Å². The number of aromatic nitrogens is 2. The van der Waals surface area contributed by atoms with Gasteiger partial charge in [0.15, 0.2) is 0 Å². The summed E-state index contributed by atoms with van der Waals surface area (Å²) in [6.07, 6.45) is 3.44. The number of hydrogen-bond acceptors (Lipinski definition) is 4. The number of amides is 3. The second kappa shape index (κ2) is 9.56. The highest BCUT2D eigenvalue weighted by atomic mass is 35.5. The first-order chi connectivity index (χ1) is 16.3. The Labute approximate surface area is 201 Å². The smallest absolute Gasteiger partial charge is 0.323 e. The van der Waals surface area contributed by atoms with Crippen LogP contribution in [0.3, 0.4) is 0 Å². The summed E-state index contributed by atoms with van der Waals surface area (Å²) >= 11 is 6.52. The third-order valence-corrected chi connectivity index (χ3v) is 6.06. The molecule has 3 amide bonds. The molecule has 1 aromatic heterocycles. The monoisotopic (exact) mass is 481 g/mol. The number of rotatable bonds is 4. The molecule has 9 nitrogen and oxygen atoms in total. The van der Waals surface area contributed by atoms with Gasteiger partial charge < -0.3 is 19.8 Å². The van der Waals surface area contributed by atoms with E-state index in [-0.39, 0.29) is 25.0 Å². The Kier molecular flexibility index (Phi) is 6.56. The predicted molar refractivity (Wildman–Crippen MR) is 127 cm³/mol. The molecule has 0 bridgehead atoms. The molecule has 34 heavy (non-hydrogen) atoms. The third-order valence-electron chi connectivity index (χ3n) is 5.74. The van der Waals surface area contributed by atoms with Gasteiger partial charge in [0.25, 0.3) is 5.91 Å². The lowest BCUT2D eigenvalue weighted by molar-refractivity contribution is -0.137. The number of nitrogens with zero attached hydrogens (tertiary/aromatic N) is 5. The number of carbonyl (C=O) groups excluding carboxylic acids is 2. The number of carboxylic acids is 1. The molecule has 0 spiro atoms. The van der Waals surface area contributed by atoms with E-state index in [2.05, 4.69) is 5.10 Å². The van der Waals surface area contributed by atoms with E-state index in [4.69, 9.17) is 16.7 Å². The van der Waals surface area contributed by atoms with E-state index in [0.717, 1.165) is 16.2 Å². The lowest BCUT2D eigenvalue weighted by Gasteiger charge is -2.32. The van der Waals surface area contributed by atoms with Crippen LogP contribution < -0.4 is 4.90 Å². The van der Waals surface area contributed by atoms with Crippen LogP contribution in [0.25, 0.3) is 5.69 Å². The maximum absolute atomic E-state index is 13.7. The molecule has 2 aromatic carbocycles. The van der Waals surface area contributed by atoms with Gasteiger partial charge in [0.1, 0.15) is 6.54 Å². The average molecular weight is 482 g/mol. The Morgan fingerprint density at radius 3 is 2.62 bits per heavy atom. The summed E-state index contributed by atoms with van der Waals surface area (Å²) in [5.41, 5.74) is 2.53. The van der Waals surface area contributed by atoms with E-state index in [0.29, 0.717) is 16.3 Å². The first kappa shape index (κ1) is 23.3. The average Bonchev–Trinajstić information content (AvgIpc) is 3.30. The molecular weight excluding hydrogens is 458 g/mol. The molecule has 3 aromatic rings. The highest BCUT2D eigenvalue weighted by molar-refractivity contribution is 6.34. The van der Waals surface area contributed by atoms with Crippen LogP contribution in [0.5, 0.6) is 0 Å². The fourth-order valence-corrected chi connectivity index (χ4v) is 4.29. The second-order valence-electron chi connectivity index (χ2n) is 8.17. The van der Waals surface area contributed by atoms with E-state index in [9.17, 15) is 14.4 Å². The minimum Gasteiger partial charge on any atom is -0.480 e. The number of carbonyl (C=O) groups is 3. The van der Waals surface area contributed by atoms with Gasteiger partial charge in [-0.05, 0) is 42.8 Å². The molecule has 0 aliphatic carbocycles. The first-order valence-electron chi connectivity index (χ1n) is 10.7. The fourth-order valence-electron chi connectivity index (χ4n) is 4.03. The number of aliphatic carboxylic acids is 1. The zero-order chi connectivity index (χ0) is 24.4. The van der Waals surface area contributed by atoms with Crippen LogP contribution in [-0.4, -0.2) is 68.8 Å². The quantitative estimate of drug-likeness (QED) is 0.614. The van der Waals surface area contributed by atoms with Gasteiger partial charge >= 0.3 is 12.0 Å². The highest BCUT2D eigenvalue weighted by Crippen LogP contribution is 2.31. The number of fused-ring (bicyclic) bond motifs is 1. The van der Waals surface area contributed by atoms with Gasteiger partial charge in [0.05, 0.1) is 16.3 Å². The lowest BCUT2D eigenvalue weighted by atomic mass is 10.1. The number of carboxylic acid groups (broad SMARTS) is 1. The number of benzene rings is 2. The van der Waals surface area contributed by atoms with Crippen LogP contribution in [0.15, 0.2) is 60.9 Å². The Hall–Kier alpha value is -3.85. The zero-order valence-electron chi connectivity index (χ0n) is 18.8. The molecule has 0 saturated carbocycles. The van der Waals surface area contributed by atoms with Gasteiger partial charge in [-0.15, -0.1) is 0 Å². The van der Waals surface area contributed by atoms with E-state index in [1.165, 1.54) is 7.05 Å². The van der Waals surface area contributed by atoms with Crippen molar-refractivity contribution in [3.8, 4) is 5.69 Å². The van der Waals surface area contributed by atoms with Crippen LogP contribution in [0, 0.1) is 0 Å². The number of para-hydroxylation sites is 1. The molecule has 0 unspecified atom stereocenters. The maximum atomic E-state index is 13.7. The molecule has 0 saturated heterocycles. The van der Waals surface area contributed by atoms with Crippen molar-refractivity contribution >= 4 is 35.2 Å². The summed E-state index contributed by atoms with van der Waals surface area (Å²) in [7, 11) is 1.45. The third kappa shape index (κ3) is 4.60. The van der Waals surface area contributed by atoms with Crippen molar-refractivity contribution in [1.29, 1.82) is 0 Å². The summed E-state index contributed by atoms with van der Waals surface area (Å²) in [5.74, 6) is -1.38. The summed E-state index contributed by atoms with van der Waals surface area (Å²) in [6, 6.07) is 13.5. The summed E-state index contributed by atoms with van der Waals surface area (Å²) < 4.78 is 1.65. The number of anilines is 1. The zero-order valence-corrected chi connectivity index (χ0v) is 19.5. The summed E-state index contributed by atoms with van der Waals surface area (Å²) in [6.45, 7) is 1.89. The second-order valence-corrected chi connectivity index (χ2v) is 8.58. The van der Waals surface area contributed by atoms with Crippen molar-refractivity contribution in [3.63, 3.8) is 0 Å². The standard InChI is InChI=1S/C24H24ClN5O4/c1-16-13-29(23(33)19-9-8-18(12-20(19)25)30-11-5-10-26-30)21-7-4-3-6-17(21)14-28(16)24(34)27(2)15-22(31)32/h3-12,16H,13-15H2,1-2H3,(H,31,32)/t16-/m1/s1. The topological polar surface area (TPSA) is 99.0 Å². The van der Waals surface area contributed by atoms with Gasteiger partial charge in [-0.3, -0.25) is 9.59 Å². The Morgan fingerprint density at radius 1 is 1.18 bits per heavy atom. The van der Waals surface area contributed by atoms with Crippen molar-refractivity contribution in [3.05, 3.63) is 77.1 Å². The summed E-state index contributed by atoms with van der Waals surface area (Å²) in [5, 5.41) is 13.6. The van der Waals surface area contributed by atoms with Crippen LogP contribution in [-0.2, 0) is 11.3 Å². The molecule has 4 rings (SSSR count). The van der Waals surface area contributed by atoms with Gasteiger partial charge in [-0.25, -0.2) is 9.48 Å². The van der Waals surface area contributed by atoms with Crippen molar-refractivity contribution in [1.82, 2.24) is 19.6 Å². The summed E-state index contributed by atoms with van der Waals surface area (Å²) in [4.78, 5) is 42.1. The SMILES string of the molecule is C[C@@H]1CN(C(=O)c2ccc(-n3cccn3)cc2Cl)c2ccccc2CN1C(=O)N(C)CC(=O)O. The predicted octanol–water partition coefficient (Wildman–Crippen LogP) is 3.51. The Balaban J connectivity index is 1.66. The van der Waals surface area contributed by atoms with Crippen LogP contribution in [0.4, 0.5) is 10.5 Å². The molecule has 176 valence electrons. The molecule has 0 fully saturated rings. The minimum absolute atomic E-state index is 0.222. The van der Waals surface area contributed by atoms with E-state index < -0.39 is 18.5 Å². The number of urea groups is 1. The van der Waals surface area contributed by atoms with E-state index >= 15 is 0 Å². The molecule has 1 aliphatic heterocycles.